The van der Waals surface area contributed by atoms with Gasteiger partial charge in [-0.1, -0.05) is 39.3 Å². The second-order valence-electron chi connectivity index (χ2n) is 8.94. The van der Waals surface area contributed by atoms with Crippen LogP contribution < -0.4 is 0 Å². The van der Waals surface area contributed by atoms with E-state index >= 15 is 0 Å². The number of aliphatic hydroxyl groups excluding tert-OH is 1. The molecule has 3 nitrogen and oxygen atoms in total. The molecular weight excluding hydrogens is 288 g/mol. The highest BCUT2D eigenvalue weighted by atomic mass is 16.4. The maximum absolute atomic E-state index is 12.5. The normalized spacial score (nSPS) is 45.4. The van der Waals surface area contributed by atoms with Crippen molar-refractivity contribution in [3.05, 3.63) is 24.3 Å². The van der Waals surface area contributed by atoms with Crippen molar-refractivity contribution in [3.8, 4) is 0 Å². The third kappa shape index (κ3) is 2.31. The first-order valence-electron chi connectivity index (χ1n) is 8.94. The number of carboxylic acids is 1. The van der Waals surface area contributed by atoms with Crippen LogP contribution in [0.1, 0.15) is 59.3 Å². The lowest BCUT2D eigenvalue weighted by Crippen LogP contribution is -2.59. The highest BCUT2D eigenvalue weighted by Gasteiger charge is 2.62. The van der Waals surface area contributed by atoms with Crippen molar-refractivity contribution >= 4 is 5.97 Å². The Morgan fingerprint density at radius 1 is 1.30 bits per heavy atom. The Hall–Kier alpha value is -1.09. The topological polar surface area (TPSA) is 57.5 Å². The molecular formula is C20H30O3. The van der Waals surface area contributed by atoms with E-state index in [2.05, 4.69) is 33.4 Å². The van der Waals surface area contributed by atoms with E-state index in [1.165, 1.54) is 0 Å². The molecule has 0 radical (unpaired) electrons. The van der Waals surface area contributed by atoms with Crippen molar-refractivity contribution in [1.82, 2.24) is 0 Å². The van der Waals surface area contributed by atoms with Crippen LogP contribution in [-0.4, -0.2) is 22.3 Å². The van der Waals surface area contributed by atoms with Crippen molar-refractivity contribution in [2.24, 2.45) is 28.1 Å². The second-order valence-corrected chi connectivity index (χ2v) is 8.94. The predicted molar refractivity (Wildman–Crippen MR) is 90.9 cm³/mol. The fraction of sp³-hybridized carbons (Fsp3) is 0.750. The van der Waals surface area contributed by atoms with Gasteiger partial charge in [-0.3, -0.25) is 4.79 Å². The highest BCUT2D eigenvalue weighted by molar-refractivity contribution is 5.77. The number of fused-ring (bicyclic) bond motifs is 3. The molecule has 2 N–H and O–H groups in total. The summed E-state index contributed by atoms with van der Waals surface area (Å²) in [6.45, 7) is 10.4. The summed E-state index contributed by atoms with van der Waals surface area (Å²) in [6.07, 6.45) is 8.65. The molecule has 2 fully saturated rings. The van der Waals surface area contributed by atoms with E-state index in [-0.39, 0.29) is 22.7 Å². The minimum Gasteiger partial charge on any atom is -0.481 e. The van der Waals surface area contributed by atoms with Crippen molar-refractivity contribution in [2.45, 2.75) is 65.4 Å². The molecule has 3 aliphatic carbocycles. The average molecular weight is 318 g/mol. The number of aliphatic carboxylic acids is 1. The van der Waals surface area contributed by atoms with Gasteiger partial charge in [-0.25, -0.2) is 0 Å². The zero-order valence-corrected chi connectivity index (χ0v) is 14.6. The lowest BCUT2D eigenvalue weighted by atomic mass is 9.44. The zero-order valence-electron chi connectivity index (χ0n) is 14.6. The van der Waals surface area contributed by atoms with Gasteiger partial charge < -0.3 is 10.2 Å². The van der Waals surface area contributed by atoms with Gasteiger partial charge in [-0.05, 0) is 54.9 Å². The first-order valence-corrected chi connectivity index (χ1v) is 8.94. The van der Waals surface area contributed by atoms with Crippen LogP contribution in [0.3, 0.4) is 0 Å². The first kappa shape index (κ1) is 16.8. The average Bonchev–Trinajstić information content (AvgIpc) is 2.48. The molecule has 0 aromatic rings. The van der Waals surface area contributed by atoms with Gasteiger partial charge >= 0.3 is 5.97 Å². The molecule has 5 unspecified atom stereocenters. The summed E-state index contributed by atoms with van der Waals surface area (Å²) in [5, 5.41) is 21.0. The van der Waals surface area contributed by atoms with E-state index in [9.17, 15) is 15.0 Å². The Bertz CT molecular complexity index is 561. The number of carboxylic acid groups (broad SMARTS) is 1. The number of aliphatic hydroxyl groups is 1. The van der Waals surface area contributed by atoms with Crippen molar-refractivity contribution in [2.75, 3.05) is 0 Å². The Morgan fingerprint density at radius 3 is 2.61 bits per heavy atom. The smallest absolute Gasteiger partial charge is 0.310 e. The summed E-state index contributed by atoms with van der Waals surface area (Å²) < 4.78 is 0. The van der Waals surface area contributed by atoms with Crippen LogP contribution in [0.2, 0.25) is 0 Å². The van der Waals surface area contributed by atoms with Crippen LogP contribution in [0.5, 0.6) is 0 Å². The zero-order chi connectivity index (χ0) is 17.0. The molecule has 5 atom stereocenters. The summed E-state index contributed by atoms with van der Waals surface area (Å²) in [6, 6.07) is 0. The van der Waals surface area contributed by atoms with Crippen LogP contribution >= 0.6 is 0 Å². The Kier molecular flexibility index (Phi) is 3.79. The van der Waals surface area contributed by atoms with Crippen molar-refractivity contribution in [1.29, 1.82) is 0 Å². The first-order chi connectivity index (χ1) is 10.7. The molecule has 128 valence electrons. The van der Waals surface area contributed by atoms with Crippen molar-refractivity contribution in [3.63, 3.8) is 0 Å². The maximum Gasteiger partial charge on any atom is 0.310 e. The molecule has 23 heavy (non-hydrogen) atoms. The fourth-order valence-electron chi connectivity index (χ4n) is 5.81. The summed E-state index contributed by atoms with van der Waals surface area (Å²) >= 11 is 0. The van der Waals surface area contributed by atoms with E-state index < -0.39 is 17.5 Å². The van der Waals surface area contributed by atoms with Gasteiger partial charge in [-0.15, -0.1) is 6.58 Å². The van der Waals surface area contributed by atoms with Gasteiger partial charge in [0, 0.05) is 5.41 Å². The quantitative estimate of drug-likeness (QED) is 0.751. The summed E-state index contributed by atoms with van der Waals surface area (Å²) in [7, 11) is 0. The minimum atomic E-state index is -0.699. The van der Waals surface area contributed by atoms with E-state index in [0.29, 0.717) is 6.42 Å². The molecule has 0 saturated heterocycles. The van der Waals surface area contributed by atoms with Crippen LogP contribution in [0.15, 0.2) is 24.3 Å². The van der Waals surface area contributed by atoms with Gasteiger partial charge in [0.1, 0.15) is 0 Å². The van der Waals surface area contributed by atoms with Crippen LogP contribution in [0.25, 0.3) is 0 Å². The number of hydrogen-bond donors (Lipinski definition) is 2. The van der Waals surface area contributed by atoms with Crippen LogP contribution in [0, 0.1) is 28.1 Å². The summed E-state index contributed by atoms with van der Waals surface area (Å²) in [5.74, 6) is -0.631. The van der Waals surface area contributed by atoms with Crippen LogP contribution in [0.4, 0.5) is 0 Å². The molecule has 0 spiro atoms. The molecule has 2 saturated carbocycles. The molecule has 0 heterocycles. The van der Waals surface area contributed by atoms with Gasteiger partial charge in [0.05, 0.1) is 11.5 Å². The predicted octanol–water partition coefficient (Wildman–Crippen LogP) is 4.18. The van der Waals surface area contributed by atoms with Gasteiger partial charge in [0.25, 0.3) is 0 Å². The standard InChI is InChI=1S/C20H30O3/c1-5-19(4)10-7-14-13(12-19)15(21)11-16-18(2,3)8-6-9-20(14,16)17(22)23/h5,12,14-16,21H,1,6-11H2,2-4H3,(H,22,23). The third-order valence-electron chi connectivity index (χ3n) is 7.18. The van der Waals surface area contributed by atoms with E-state index in [1.807, 2.05) is 6.08 Å². The fourth-order valence-corrected chi connectivity index (χ4v) is 5.81. The molecule has 0 aromatic heterocycles. The lowest BCUT2D eigenvalue weighted by molar-refractivity contribution is -0.175. The van der Waals surface area contributed by atoms with Crippen LogP contribution in [-0.2, 0) is 4.79 Å². The third-order valence-corrected chi connectivity index (χ3v) is 7.18. The highest BCUT2D eigenvalue weighted by Crippen LogP contribution is 2.64. The molecule has 0 aromatic carbocycles. The number of hydrogen-bond acceptors (Lipinski definition) is 2. The second kappa shape index (κ2) is 5.20. The number of rotatable bonds is 2. The summed E-state index contributed by atoms with van der Waals surface area (Å²) in [4.78, 5) is 12.5. The largest absolute Gasteiger partial charge is 0.481 e. The van der Waals surface area contributed by atoms with Gasteiger partial charge in [-0.2, -0.15) is 0 Å². The minimum absolute atomic E-state index is 0.0255. The molecule has 0 aliphatic heterocycles. The molecule has 3 heteroatoms. The Morgan fingerprint density at radius 2 is 2.00 bits per heavy atom. The van der Waals surface area contributed by atoms with E-state index in [0.717, 1.165) is 37.7 Å². The molecule has 0 amide bonds. The van der Waals surface area contributed by atoms with Gasteiger partial charge in [0.2, 0.25) is 0 Å². The number of carbonyl (C=O) groups is 1. The summed E-state index contributed by atoms with van der Waals surface area (Å²) in [5.41, 5.74) is 0.122. The maximum atomic E-state index is 12.5. The Balaban J connectivity index is 2.13. The monoisotopic (exact) mass is 318 g/mol. The van der Waals surface area contributed by atoms with Crippen molar-refractivity contribution < 1.29 is 15.0 Å². The lowest BCUT2D eigenvalue weighted by Gasteiger charge is -2.59. The van der Waals surface area contributed by atoms with Gasteiger partial charge in [0.15, 0.2) is 0 Å². The molecule has 3 aliphatic rings. The molecule has 0 bridgehead atoms. The molecule has 3 rings (SSSR count). The van der Waals surface area contributed by atoms with E-state index in [1.54, 1.807) is 0 Å². The SMILES string of the molecule is C=CC1(C)C=C2C(O)CC3C(C)(C)CCCC3(C(=O)O)C2CC1. The Labute approximate surface area is 139 Å². The number of allylic oxidation sites excluding steroid dienone is 2. The van der Waals surface area contributed by atoms with E-state index in [4.69, 9.17) is 0 Å².